The Balaban J connectivity index is 2.40. The Labute approximate surface area is 162 Å². The monoisotopic (exact) mass is 425 g/mol. The van der Waals surface area contributed by atoms with Gasteiger partial charge < -0.3 is 9.94 Å². The van der Waals surface area contributed by atoms with E-state index in [4.69, 9.17) is 0 Å². The molecule has 0 aliphatic heterocycles. The number of halogens is 6. The fourth-order valence-electron chi connectivity index (χ4n) is 2.28. The van der Waals surface area contributed by atoms with Gasteiger partial charge in [0.2, 0.25) is 6.33 Å². The zero-order valence-corrected chi connectivity index (χ0v) is 15.7. The Hall–Kier alpha value is -2.63. The molecule has 0 radical (unpaired) electrons. The van der Waals surface area contributed by atoms with E-state index in [2.05, 4.69) is 14.8 Å². The normalized spacial score (nSPS) is 14.3. The Bertz CT molecular complexity index is 846. The molecule has 2 rings (SSSR count). The SMILES string of the molecule is CC(C)[N+](O)=C(c1cccc(COC(C)(C(F)(F)F)C(F)(F)F)c1)n1cncn1. The Morgan fingerprint density at radius 2 is 1.79 bits per heavy atom. The Morgan fingerprint density at radius 3 is 2.28 bits per heavy atom. The summed E-state index contributed by atoms with van der Waals surface area (Å²) in [5, 5.41) is 14.3. The highest BCUT2D eigenvalue weighted by Gasteiger charge is 2.69. The van der Waals surface area contributed by atoms with E-state index in [9.17, 15) is 31.5 Å². The van der Waals surface area contributed by atoms with Gasteiger partial charge in [0.15, 0.2) is 6.33 Å². The van der Waals surface area contributed by atoms with Crippen LogP contribution in [0.4, 0.5) is 26.3 Å². The van der Waals surface area contributed by atoms with Crippen molar-refractivity contribution in [2.75, 3.05) is 0 Å². The second kappa shape index (κ2) is 8.01. The second-order valence-electron chi connectivity index (χ2n) is 6.62. The first kappa shape index (κ1) is 22.7. The van der Waals surface area contributed by atoms with Crippen LogP contribution >= 0.6 is 0 Å². The summed E-state index contributed by atoms with van der Waals surface area (Å²) in [4.78, 5) is 3.77. The topological polar surface area (TPSA) is 63.2 Å². The molecule has 12 heteroatoms. The zero-order valence-electron chi connectivity index (χ0n) is 15.7. The lowest BCUT2D eigenvalue weighted by atomic mass is 10.1. The van der Waals surface area contributed by atoms with Gasteiger partial charge >= 0.3 is 18.2 Å². The molecule has 0 saturated heterocycles. The molecule has 1 aromatic heterocycles. The fraction of sp³-hybridized carbons (Fsp3) is 0.471. The van der Waals surface area contributed by atoms with Crippen LogP contribution in [0.1, 0.15) is 31.9 Å². The third-order valence-electron chi connectivity index (χ3n) is 4.14. The molecular weight excluding hydrogens is 406 g/mol. The van der Waals surface area contributed by atoms with Gasteiger partial charge in [-0.15, -0.1) is 0 Å². The second-order valence-corrected chi connectivity index (χ2v) is 6.62. The van der Waals surface area contributed by atoms with E-state index in [0.717, 1.165) is 4.74 Å². The lowest BCUT2D eigenvalue weighted by molar-refractivity contribution is -0.796. The molecule has 0 spiro atoms. The van der Waals surface area contributed by atoms with Crippen molar-refractivity contribution in [2.24, 2.45) is 0 Å². The van der Waals surface area contributed by atoms with Gasteiger partial charge in [0.25, 0.3) is 5.60 Å². The summed E-state index contributed by atoms with van der Waals surface area (Å²) >= 11 is 0. The van der Waals surface area contributed by atoms with E-state index < -0.39 is 30.6 Å². The van der Waals surface area contributed by atoms with Gasteiger partial charge in [0.05, 0.1) is 12.2 Å². The number of aromatic nitrogens is 3. The van der Waals surface area contributed by atoms with Crippen molar-refractivity contribution in [3.63, 3.8) is 0 Å². The van der Waals surface area contributed by atoms with Crippen molar-refractivity contribution in [2.45, 2.75) is 51.4 Å². The number of alkyl halides is 6. The standard InChI is InChI=1S/C17H19F6N4O2/c1-11(2)27(28)14(26-10-24-9-25-26)13-6-4-5-12(7-13)8-29-15(3,16(18,19)20)17(21,22)23/h4-7,9-11,28H,8H2,1-3H3/q+1. The molecule has 6 nitrogen and oxygen atoms in total. The van der Waals surface area contributed by atoms with E-state index in [-0.39, 0.29) is 23.9 Å². The third kappa shape index (κ3) is 4.69. The number of ether oxygens (including phenoxy) is 1. The number of rotatable bonds is 5. The minimum atomic E-state index is -5.65. The Morgan fingerprint density at radius 1 is 1.17 bits per heavy atom. The first-order valence-electron chi connectivity index (χ1n) is 8.34. The number of hydroxylamine groups is 1. The number of hydrogen-bond acceptors (Lipinski definition) is 4. The van der Waals surface area contributed by atoms with Crippen LogP contribution in [0.5, 0.6) is 0 Å². The molecule has 0 fully saturated rings. The van der Waals surface area contributed by atoms with E-state index in [0.29, 0.717) is 0 Å². The molecule has 1 heterocycles. The predicted molar refractivity (Wildman–Crippen MR) is 88.5 cm³/mol. The van der Waals surface area contributed by atoms with Crippen LogP contribution in [0.2, 0.25) is 0 Å². The van der Waals surface area contributed by atoms with Crippen molar-refractivity contribution >= 4 is 5.84 Å². The number of hydrogen-bond donors (Lipinski definition) is 1. The van der Waals surface area contributed by atoms with Gasteiger partial charge in [-0.25, -0.2) is 0 Å². The molecule has 0 amide bonds. The van der Waals surface area contributed by atoms with Crippen molar-refractivity contribution in [3.05, 3.63) is 48.0 Å². The van der Waals surface area contributed by atoms with Crippen LogP contribution in [0.25, 0.3) is 0 Å². The molecule has 1 N–H and O–H groups in total. The van der Waals surface area contributed by atoms with Gasteiger partial charge in [0.1, 0.15) is 6.04 Å². The summed E-state index contributed by atoms with van der Waals surface area (Å²) in [7, 11) is 0. The minimum absolute atomic E-state index is 0.0389. The van der Waals surface area contributed by atoms with Crippen LogP contribution < -0.4 is 0 Å². The van der Waals surface area contributed by atoms with E-state index in [1.165, 1.54) is 41.6 Å². The summed E-state index contributed by atoms with van der Waals surface area (Å²) in [5.41, 5.74) is -4.00. The van der Waals surface area contributed by atoms with Crippen molar-refractivity contribution in [3.8, 4) is 0 Å². The summed E-state index contributed by atoms with van der Waals surface area (Å²) in [6.07, 6.45) is -8.81. The molecule has 2 aromatic rings. The maximum Gasteiger partial charge on any atom is 0.426 e. The number of benzene rings is 1. The molecule has 0 bridgehead atoms. The fourth-order valence-corrected chi connectivity index (χ4v) is 2.28. The molecule has 0 unspecified atom stereocenters. The van der Waals surface area contributed by atoms with Crippen LogP contribution in [0, 0.1) is 0 Å². The molecular formula is C17H19F6N4O2+. The van der Waals surface area contributed by atoms with Crippen LogP contribution in [-0.2, 0) is 11.3 Å². The van der Waals surface area contributed by atoms with Gasteiger partial charge in [-0.05, 0) is 38.5 Å². The van der Waals surface area contributed by atoms with Crippen LogP contribution in [0.15, 0.2) is 36.9 Å². The van der Waals surface area contributed by atoms with E-state index in [1.54, 1.807) is 13.8 Å². The van der Waals surface area contributed by atoms with Gasteiger partial charge in [-0.1, -0.05) is 26.7 Å². The third-order valence-corrected chi connectivity index (χ3v) is 4.14. The highest BCUT2D eigenvalue weighted by molar-refractivity contribution is 5.96. The average Bonchev–Trinajstić information content (AvgIpc) is 3.12. The maximum absolute atomic E-state index is 13.0. The van der Waals surface area contributed by atoms with Crippen molar-refractivity contribution in [1.82, 2.24) is 14.8 Å². The van der Waals surface area contributed by atoms with Gasteiger partial charge in [0, 0.05) is 0 Å². The smallest absolute Gasteiger partial charge is 0.354 e. The zero-order chi connectivity index (χ0) is 22.0. The molecule has 0 aliphatic carbocycles. The maximum atomic E-state index is 13.0. The number of nitrogens with zero attached hydrogens (tertiary/aromatic N) is 4. The molecule has 1 aromatic carbocycles. The van der Waals surface area contributed by atoms with Gasteiger partial charge in [-0.3, -0.25) is 0 Å². The minimum Gasteiger partial charge on any atom is -0.354 e. The summed E-state index contributed by atoms with van der Waals surface area (Å²) < 4.78 is 84.3. The molecule has 29 heavy (non-hydrogen) atoms. The molecule has 0 saturated carbocycles. The largest absolute Gasteiger partial charge is 0.426 e. The van der Waals surface area contributed by atoms with E-state index >= 15 is 0 Å². The van der Waals surface area contributed by atoms with Crippen molar-refractivity contribution in [1.29, 1.82) is 0 Å². The van der Waals surface area contributed by atoms with E-state index in [1.807, 2.05) is 0 Å². The summed E-state index contributed by atoms with van der Waals surface area (Å²) in [5.74, 6) is 0.119. The quantitative estimate of drug-likeness (QED) is 0.198. The highest BCUT2D eigenvalue weighted by Crippen LogP contribution is 2.45. The predicted octanol–water partition coefficient (Wildman–Crippen LogP) is 3.78. The first-order valence-corrected chi connectivity index (χ1v) is 8.34. The highest BCUT2D eigenvalue weighted by atomic mass is 19.4. The van der Waals surface area contributed by atoms with Crippen molar-refractivity contribution < 1.29 is 41.0 Å². The average molecular weight is 425 g/mol. The Kier molecular flexibility index (Phi) is 6.26. The summed E-state index contributed by atoms with van der Waals surface area (Å²) in [6, 6.07) is 5.13. The molecule has 160 valence electrons. The van der Waals surface area contributed by atoms with Crippen LogP contribution in [0.3, 0.4) is 0 Å². The van der Waals surface area contributed by atoms with Crippen LogP contribution in [-0.4, -0.2) is 54.5 Å². The lowest BCUT2D eigenvalue weighted by Crippen LogP contribution is -2.56. The first-order chi connectivity index (χ1) is 13.3. The lowest BCUT2D eigenvalue weighted by Gasteiger charge is -2.33. The molecule has 0 atom stereocenters. The molecule has 0 aliphatic rings. The summed E-state index contributed by atoms with van der Waals surface area (Å²) in [6.45, 7) is 2.32. The van der Waals surface area contributed by atoms with Gasteiger partial charge in [-0.2, -0.15) is 31.3 Å².